The van der Waals surface area contributed by atoms with Gasteiger partial charge in [0.05, 0.1) is 0 Å². The molecule has 16 heavy (non-hydrogen) atoms. The zero-order valence-corrected chi connectivity index (χ0v) is 11.3. The van der Waals surface area contributed by atoms with Crippen LogP contribution in [0, 0.1) is 5.92 Å². The van der Waals surface area contributed by atoms with E-state index < -0.39 is 0 Å². The normalized spacial score (nSPS) is 13.6. The van der Waals surface area contributed by atoms with Crippen LogP contribution in [0.25, 0.3) is 0 Å². The SMILES string of the molecule is CCC(CC)(CC)NC(=O)CCC(C)CN. The van der Waals surface area contributed by atoms with Crippen molar-refractivity contribution in [1.82, 2.24) is 5.32 Å². The fourth-order valence-corrected chi connectivity index (χ4v) is 1.87. The molecule has 0 aromatic rings. The molecule has 1 atom stereocenters. The van der Waals surface area contributed by atoms with Gasteiger partial charge in [-0.2, -0.15) is 0 Å². The first-order valence-electron chi connectivity index (χ1n) is 6.54. The summed E-state index contributed by atoms with van der Waals surface area (Å²) in [6.07, 6.45) is 4.48. The van der Waals surface area contributed by atoms with E-state index in [1.165, 1.54) is 0 Å². The molecule has 3 heteroatoms. The predicted octanol–water partition coefficient (Wildman–Crippen LogP) is 2.45. The Labute approximate surface area is 100 Å². The van der Waals surface area contributed by atoms with E-state index >= 15 is 0 Å². The van der Waals surface area contributed by atoms with Gasteiger partial charge < -0.3 is 11.1 Å². The molecule has 0 saturated carbocycles. The molecule has 0 saturated heterocycles. The summed E-state index contributed by atoms with van der Waals surface area (Å²) < 4.78 is 0. The number of amides is 1. The van der Waals surface area contributed by atoms with Crippen LogP contribution in [0.15, 0.2) is 0 Å². The van der Waals surface area contributed by atoms with E-state index in [-0.39, 0.29) is 11.4 Å². The van der Waals surface area contributed by atoms with Crippen molar-refractivity contribution >= 4 is 5.91 Å². The van der Waals surface area contributed by atoms with E-state index in [4.69, 9.17) is 5.73 Å². The quantitative estimate of drug-likeness (QED) is 0.670. The van der Waals surface area contributed by atoms with E-state index in [2.05, 4.69) is 33.0 Å². The van der Waals surface area contributed by atoms with Crippen molar-refractivity contribution in [3.05, 3.63) is 0 Å². The summed E-state index contributed by atoms with van der Waals surface area (Å²) in [5.41, 5.74) is 5.54. The average Bonchev–Trinajstić information content (AvgIpc) is 2.33. The Balaban J connectivity index is 4.10. The molecular weight excluding hydrogens is 200 g/mol. The summed E-state index contributed by atoms with van der Waals surface area (Å²) in [6.45, 7) is 9.15. The van der Waals surface area contributed by atoms with Gasteiger partial charge in [-0.15, -0.1) is 0 Å². The first-order valence-corrected chi connectivity index (χ1v) is 6.54. The summed E-state index contributed by atoms with van der Waals surface area (Å²) in [5.74, 6) is 0.607. The van der Waals surface area contributed by atoms with Gasteiger partial charge in [0, 0.05) is 12.0 Å². The fraction of sp³-hybridized carbons (Fsp3) is 0.923. The average molecular weight is 228 g/mol. The maximum absolute atomic E-state index is 11.8. The Morgan fingerprint density at radius 2 is 1.75 bits per heavy atom. The second-order valence-electron chi connectivity index (χ2n) is 4.77. The Bertz CT molecular complexity index is 192. The van der Waals surface area contributed by atoms with E-state index in [0.717, 1.165) is 25.7 Å². The van der Waals surface area contributed by atoms with Gasteiger partial charge in [-0.05, 0) is 38.1 Å². The molecule has 1 amide bonds. The minimum Gasteiger partial charge on any atom is -0.351 e. The molecule has 0 heterocycles. The van der Waals surface area contributed by atoms with Crippen LogP contribution >= 0.6 is 0 Å². The van der Waals surface area contributed by atoms with Crippen molar-refractivity contribution in [2.24, 2.45) is 11.7 Å². The van der Waals surface area contributed by atoms with Gasteiger partial charge in [0.25, 0.3) is 0 Å². The van der Waals surface area contributed by atoms with Gasteiger partial charge in [-0.1, -0.05) is 27.7 Å². The van der Waals surface area contributed by atoms with Gasteiger partial charge in [0.15, 0.2) is 0 Å². The minimum absolute atomic E-state index is 0.00301. The highest BCUT2D eigenvalue weighted by Crippen LogP contribution is 2.19. The van der Waals surface area contributed by atoms with Crippen LogP contribution < -0.4 is 11.1 Å². The number of hydrogen-bond donors (Lipinski definition) is 2. The van der Waals surface area contributed by atoms with Crippen LogP contribution in [-0.2, 0) is 4.79 Å². The highest BCUT2D eigenvalue weighted by molar-refractivity contribution is 5.76. The van der Waals surface area contributed by atoms with Crippen molar-refractivity contribution in [1.29, 1.82) is 0 Å². The molecule has 0 aliphatic heterocycles. The maximum Gasteiger partial charge on any atom is 0.220 e. The van der Waals surface area contributed by atoms with E-state index in [1.807, 2.05) is 0 Å². The second-order valence-corrected chi connectivity index (χ2v) is 4.77. The lowest BCUT2D eigenvalue weighted by molar-refractivity contribution is -0.123. The molecule has 0 aromatic carbocycles. The van der Waals surface area contributed by atoms with Crippen molar-refractivity contribution in [3.8, 4) is 0 Å². The number of carbonyl (C=O) groups excluding carboxylic acids is 1. The third kappa shape index (κ3) is 4.97. The molecular formula is C13H28N2O. The zero-order valence-electron chi connectivity index (χ0n) is 11.3. The predicted molar refractivity (Wildman–Crippen MR) is 69.2 cm³/mol. The van der Waals surface area contributed by atoms with Crippen LogP contribution in [0.4, 0.5) is 0 Å². The fourth-order valence-electron chi connectivity index (χ4n) is 1.87. The molecule has 0 aromatic heterocycles. The summed E-state index contributed by atoms with van der Waals surface area (Å²) in [6, 6.07) is 0. The minimum atomic E-state index is 0.00301. The van der Waals surface area contributed by atoms with Crippen molar-refractivity contribution in [2.75, 3.05) is 6.54 Å². The summed E-state index contributed by atoms with van der Waals surface area (Å²) >= 11 is 0. The van der Waals surface area contributed by atoms with Gasteiger partial charge in [-0.3, -0.25) is 4.79 Å². The highest BCUT2D eigenvalue weighted by Gasteiger charge is 2.25. The molecule has 0 spiro atoms. The van der Waals surface area contributed by atoms with Crippen molar-refractivity contribution in [3.63, 3.8) is 0 Å². The Morgan fingerprint density at radius 1 is 1.25 bits per heavy atom. The summed E-state index contributed by atoms with van der Waals surface area (Å²) in [5, 5.41) is 3.18. The Hall–Kier alpha value is -0.570. The van der Waals surface area contributed by atoms with E-state index in [1.54, 1.807) is 0 Å². The first kappa shape index (κ1) is 15.4. The molecule has 0 bridgehead atoms. The summed E-state index contributed by atoms with van der Waals surface area (Å²) in [4.78, 5) is 11.8. The van der Waals surface area contributed by atoms with Crippen LogP contribution in [0.5, 0.6) is 0 Å². The number of nitrogens with two attached hydrogens (primary N) is 1. The standard InChI is InChI=1S/C13H28N2O/c1-5-13(6-2,7-3)15-12(16)9-8-11(4)10-14/h11H,5-10,14H2,1-4H3,(H,15,16). The van der Waals surface area contributed by atoms with E-state index in [0.29, 0.717) is 18.9 Å². The Kier molecular flexibility index (Phi) is 7.39. The molecule has 0 fully saturated rings. The molecule has 3 N–H and O–H groups in total. The van der Waals surface area contributed by atoms with Crippen molar-refractivity contribution < 1.29 is 4.79 Å². The molecule has 0 rings (SSSR count). The number of carbonyl (C=O) groups is 1. The van der Waals surface area contributed by atoms with Crippen molar-refractivity contribution in [2.45, 2.75) is 65.3 Å². The number of hydrogen-bond acceptors (Lipinski definition) is 2. The maximum atomic E-state index is 11.8. The van der Waals surface area contributed by atoms with Gasteiger partial charge in [-0.25, -0.2) is 0 Å². The smallest absolute Gasteiger partial charge is 0.220 e. The molecule has 1 unspecified atom stereocenters. The van der Waals surface area contributed by atoms with Crippen LogP contribution in [-0.4, -0.2) is 18.0 Å². The third-order valence-corrected chi connectivity index (χ3v) is 3.70. The molecule has 0 aliphatic carbocycles. The monoisotopic (exact) mass is 228 g/mol. The van der Waals surface area contributed by atoms with Crippen LogP contribution in [0.2, 0.25) is 0 Å². The lowest BCUT2D eigenvalue weighted by Crippen LogP contribution is -2.47. The largest absolute Gasteiger partial charge is 0.351 e. The van der Waals surface area contributed by atoms with Crippen LogP contribution in [0.3, 0.4) is 0 Å². The third-order valence-electron chi connectivity index (χ3n) is 3.70. The molecule has 3 nitrogen and oxygen atoms in total. The Morgan fingerprint density at radius 3 is 2.12 bits per heavy atom. The molecule has 0 aliphatic rings. The molecule has 96 valence electrons. The van der Waals surface area contributed by atoms with Crippen LogP contribution in [0.1, 0.15) is 59.8 Å². The molecule has 0 radical (unpaired) electrons. The lowest BCUT2D eigenvalue weighted by Gasteiger charge is -2.32. The summed E-state index contributed by atoms with van der Waals surface area (Å²) in [7, 11) is 0. The number of nitrogens with one attached hydrogen (secondary N) is 1. The first-order chi connectivity index (χ1) is 7.53. The lowest BCUT2D eigenvalue weighted by atomic mass is 9.89. The van der Waals surface area contributed by atoms with Gasteiger partial charge >= 0.3 is 0 Å². The second kappa shape index (κ2) is 7.66. The topological polar surface area (TPSA) is 55.1 Å². The van der Waals surface area contributed by atoms with Gasteiger partial charge in [0.2, 0.25) is 5.91 Å². The highest BCUT2D eigenvalue weighted by atomic mass is 16.1. The van der Waals surface area contributed by atoms with E-state index in [9.17, 15) is 4.79 Å². The number of rotatable bonds is 8. The zero-order chi connectivity index (χ0) is 12.6. The van der Waals surface area contributed by atoms with Gasteiger partial charge in [0.1, 0.15) is 0 Å².